The first-order valence-electron chi connectivity index (χ1n) is 6.60. The van der Waals surface area contributed by atoms with Crippen molar-refractivity contribution in [3.63, 3.8) is 0 Å². The smallest absolute Gasteiger partial charge is 0.207 e. The second-order valence-corrected chi connectivity index (χ2v) is 8.28. The van der Waals surface area contributed by atoms with Gasteiger partial charge >= 0.3 is 0 Å². The molecule has 2 rings (SSSR count). The summed E-state index contributed by atoms with van der Waals surface area (Å²) in [5, 5.41) is 0. The van der Waals surface area contributed by atoms with E-state index < -0.39 is 10.0 Å². The molecule has 1 aliphatic rings. The maximum absolute atomic E-state index is 12.8. The molecule has 19 heavy (non-hydrogen) atoms. The van der Waals surface area contributed by atoms with E-state index in [4.69, 9.17) is 0 Å². The number of benzene rings is 1. The molecule has 0 N–H and O–H groups in total. The van der Waals surface area contributed by atoms with Gasteiger partial charge in [0.2, 0.25) is 10.0 Å². The van der Waals surface area contributed by atoms with Gasteiger partial charge in [0.25, 0.3) is 0 Å². The molecule has 1 aromatic rings. The summed E-state index contributed by atoms with van der Waals surface area (Å²) in [6.07, 6.45) is 1.09. The van der Waals surface area contributed by atoms with Crippen molar-refractivity contribution in [1.29, 1.82) is 0 Å². The van der Waals surface area contributed by atoms with Gasteiger partial charge in [-0.3, -0.25) is 0 Å². The maximum atomic E-state index is 12.8. The van der Waals surface area contributed by atoms with Gasteiger partial charge in [0.15, 0.2) is 0 Å². The Kier molecular flexibility index (Phi) is 4.38. The Balaban J connectivity index is 2.42. The first-order valence-corrected chi connectivity index (χ1v) is 8.83. The molecular formula is C14H20BrNO2S. The fourth-order valence-corrected chi connectivity index (χ4v) is 5.57. The molecule has 1 fully saturated rings. The molecular weight excluding hydrogens is 326 g/mol. The van der Waals surface area contributed by atoms with Gasteiger partial charge in [-0.2, -0.15) is 4.31 Å². The van der Waals surface area contributed by atoms with Crippen LogP contribution in [0.2, 0.25) is 0 Å². The highest BCUT2D eigenvalue weighted by atomic mass is 79.9. The van der Waals surface area contributed by atoms with Crippen molar-refractivity contribution in [2.45, 2.75) is 38.1 Å². The van der Waals surface area contributed by atoms with Crippen molar-refractivity contribution in [2.24, 2.45) is 11.8 Å². The Morgan fingerprint density at radius 1 is 1.21 bits per heavy atom. The van der Waals surface area contributed by atoms with Gasteiger partial charge in [-0.25, -0.2) is 8.42 Å². The summed E-state index contributed by atoms with van der Waals surface area (Å²) >= 11 is 3.34. The molecule has 3 nitrogen and oxygen atoms in total. The Hall–Kier alpha value is -0.390. The lowest BCUT2D eigenvalue weighted by molar-refractivity contribution is 0.157. The van der Waals surface area contributed by atoms with Gasteiger partial charge in [-0.05, 0) is 53.2 Å². The van der Waals surface area contributed by atoms with Gasteiger partial charge in [0.05, 0.1) is 4.90 Å². The van der Waals surface area contributed by atoms with E-state index >= 15 is 0 Å². The van der Waals surface area contributed by atoms with Crippen LogP contribution < -0.4 is 0 Å². The Morgan fingerprint density at radius 2 is 1.84 bits per heavy atom. The summed E-state index contributed by atoms with van der Waals surface area (Å²) in [5.41, 5.74) is 0. The van der Waals surface area contributed by atoms with E-state index in [2.05, 4.69) is 29.8 Å². The highest BCUT2D eigenvalue weighted by Crippen LogP contribution is 2.33. The van der Waals surface area contributed by atoms with E-state index in [1.165, 1.54) is 0 Å². The first-order chi connectivity index (χ1) is 8.84. The minimum Gasteiger partial charge on any atom is -0.207 e. The van der Waals surface area contributed by atoms with Crippen molar-refractivity contribution in [3.8, 4) is 0 Å². The Morgan fingerprint density at radius 3 is 2.47 bits per heavy atom. The zero-order chi connectivity index (χ0) is 14.2. The molecule has 106 valence electrons. The quantitative estimate of drug-likeness (QED) is 0.822. The minimum absolute atomic E-state index is 0.0494. The second kappa shape index (κ2) is 5.54. The number of rotatable bonds is 2. The molecule has 5 heteroatoms. The largest absolute Gasteiger partial charge is 0.244 e. The topological polar surface area (TPSA) is 37.4 Å². The van der Waals surface area contributed by atoms with Crippen LogP contribution in [0, 0.1) is 11.8 Å². The molecule has 0 bridgehead atoms. The van der Waals surface area contributed by atoms with Gasteiger partial charge in [0, 0.05) is 17.1 Å². The molecule has 0 aliphatic carbocycles. The Bertz CT molecular complexity index is 558. The van der Waals surface area contributed by atoms with Crippen LogP contribution in [0.1, 0.15) is 27.2 Å². The molecule has 0 spiro atoms. The maximum Gasteiger partial charge on any atom is 0.244 e. The van der Waals surface area contributed by atoms with Gasteiger partial charge in [0.1, 0.15) is 0 Å². The average molecular weight is 346 g/mol. The standard InChI is InChI=1S/C14H20BrNO2S/c1-10-8-11(2)12(3)16(9-10)19(17,18)14-7-5-4-6-13(14)15/h4-7,10-12H,8-9H2,1-3H3. The van der Waals surface area contributed by atoms with Crippen LogP contribution in [-0.2, 0) is 10.0 Å². The van der Waals surface area contributed by atoms with Gasteiger partial charge < -0.3 is 0 Å². The molecule has 0 aromatic heterocycles. The monoisotopic (exact) mass is 345 g/mol. The van der Waals surface area contributed by atoms with Crippen molar-refractivity contribution >= 4 is 26.0 Å². The van der Waals surface area contributed by atoms with Crippen LogP contribution in [-0.4, -0.2) is 25.3 Å². The van der Waals surface area contributed by atoms with Gasteiger partial charge in [-0.1, -0.05) is 26.0 Å². The van der Waals surface area contributed by atoms with Crippen LogP contribution in [0.5, 0.6) is 0 Å². The fraction of sp³-hybridized carbons (Fsp3) is 0.571. The lowest BCUT2D eigenvalue weighted by atomic mass is 9.88. The molecule has 3 unspecified atom stereocenters. The number of hydrogen-bond acceptors (Lipinski definition) is 2. The second-order valence-electron chi connectivity index (χ2n) is 5.56. The predicted octanol–water partition coefficient (Wildman–Crippen LogP) is 3.50. The highest BCUT2D eigenvalue weighted by Gasteiger charge is 2.37. The molecule has 0 saturated carbocycles. The van der Waals surface area contributed by atoms with E-state index in [1.54, 1.807) is 22.5 Å². The van der Waals surface area contributed by atoms with E-state index in [0.29, 0.717) is 27.7 Å². The van der Waals surface area contributed by atoms with Crippen LogP contribution in [0.3, 0.4) is 0 Å². The number of nitrogens with zero attached hydrogens (tertiary/aromatic N) is 1. The predicted molar refractivity (Wildman–Crippen MR) is 80.4 cm³/mol. The molecule has 1 aromatic carbocycles. The summed E-state index contributed by atoms with van der Waals surface area (Å²) in [6.45, 7) is 6.86. The molecule has 0 amide bonds. The molecule has 1 heterocycles. The third-order valence-corrected chi connectivity index (χ3v) is 6.93. The van der Waals surface area contributed by atoms with E-state index in [0.717, 1.165) is 6.42 Å². The molecule has 1 aliphatic heterocycles. The Labute approximate surface area is 124 Å². The fourth-order valence-electron chi connectivity index (χ4n) is 2.76. The summed E-state index contributed by atoms with van der Waals surface area (Å²) in [5.74, 6) is 0.796. The van der Waals surface area contributed by atoms with Crippen molar-refractivity contribution in [2.75, 3.05) is 6.54 Å². The first kappa shape index (κ1) is 15.0. The lowest BCUT2D eigenvalue weighted by Crippen LogP contribution is -2.48. The summed E-state index contributed by atoms with van der Waals surface area (Å²) in [7, 11) is -3.42. The molecule has 1 saturated heterocycles. The summed E-state index contributed by atoms with van der Waals surface area (Å²) in [6, 6.07) is 7.07. The summed E-state index contributed by atoms with van der Waals surface area (Å²) < 4.78 is 27.9. The van der Waals surface area contributed by atoms with Crippen LogP contribution in [0.4, 0.5) is 0 Å². The normalized spacial score (nSPS) is 29.4. The van der Waals surface area contributed by atoms with Crippen molar-refractivity contribution in [1.82, 2.24) is 4.31 Å². The van der Waals surface area contributed by atoms with Crippen molar-refractivity contribution < 1.29 is 8.42 Å². The number of sulfonamides is 1. The van der Waals surface area contributed by atoms with Crippen LogP contribution in [0.25, 0.3) is 0 Å². The SMILES string of the molecule is CC1CC(C)C(C)N(S(=O)(=O)c2ccccc2Br)C1. The molecule has 3 atom stereocenters. The zero-order valence-electron chi connectivity index (χ0n) is 11.5. The van der Waals surface area contributed by atoms with Gasteiger partial charge in [-0.15, -0.1) is 0 Å². The minimum atomic E-state index is -3.42. The highest BCUT2D eigenvalue weighted by molar-refractivity contribution is 9.10. The summed E-state index contributed by atoms with van der Waals surface area (Å²) in [4.78, 5) is 0.364. The third kappa shape index (κ3) is 2.88. The van der Waals surface area contributed by atoms with Crippen LogP contribution in [0.15, 0.2) is 33.6 Å². The van der Waals surface area contributed by atoms with E-state index in [-0.39, 0.29) is 6.04 Å². The van der Waals surface area contributed by atoms with E-state index in [9.17, 15) is 8.42 Å². The number of piperidine rings is 1. The third-order valence-electron chi connectivity index (χ3n) is 3.97. The zero-order valence-corrected chi connectivity index (χ0v) is 13.9. The molecule has 0 radical (unpaired) electrons. The van der Waals surface area contributed by atoms with Crippen molar-refractivity contribution in [3.05, 3.63) is 28.7 Å². The van der Waals surface area contributed by atoms with E-state index in [1.807, 2.05) is 13.0 Å². The number of hydrogen-bond donors (Lipinski definition) is 0. The average Bonchev–Trinajstić information content (AvgIpc) is 2.34. The van der Waals surface area contributed by atoms with Crippen LogP contribution >= 0.6 is 15.9 Å². The lowest BCUT2D eigenvalue weighted by Gasteiger charge is -2.40. The number of halogens is 1.